The van der Waals surface area contributed by atoms with Crippen molar-refractivity contribution in [1.82, 2.24) is 4.90 Å². The molecule has 0 unspecified atom stereocenters. The van der Waals surface area contributed by atoms with Crippen LogP contribution in [-0.4, -0.2) is 29.6 Å². The first-order valence-electron chi connectivity index (χ1n) is 11.3. The molecular weight excluding hydrogens is 435 g/mol. The number of benzene rings is 3. The van der Waals surface area contributed by atoms with Gasteiger partial charge in [-0.05, 0) is 72.9 Å². The third kappa shape index (κ3) is 4.62. The Balaban J connectivity index is 1.41. The van der Waals surface area contributed by atoms with E-state index in [2.05, 4.69) is 23.1 Å². The minimum absolute atomic E-state index is 0.0617. The summed E-state index contributed by atoms with van der Waals surface area (Å²) in [6.07, 6.45) is 4.53. The summed E-state index contributed by atoms with van der Waals surface area (Å²) >= 11 is 6.13. The van der Waals surface area contributed by atoms with Crippen molar-refractivity contribution in [3.63, 3.8) is 0 Å². The van der Waals surface area contributed by atoms with Crippen molar-refractivity contribution in [2.45, 2.75) is 19.3 Å². The summed E-state index contributed by atoms with van der Waals surface area (Å²) in [6, 6.07) is 22.0. The maximum absolute atomic E-state index is 13.2. The van der Waals surface area contributed by atoms with E-state index >= 15 is 0 Å². The van der Waals surface area contributed by atoms with Crippen LogP contribution in [0.1, 0.15) is 34.3 Å². The van der Waals surface area contributed by atoms with E-state index in [9.17, 15) is 9.18 Å². The minimum Gasteiger partial charge on any atom is -0.356 e. The lowest BCUT2D eigenvalue weighted by Crippen LogP contribution is -2.40. The van der Waals surface area contributed by atoms with Crippen LogP contribution < -0.4 is 0 Å². The highest BCUT2D eigenvalue weighted by atomic mass is 35.5. The van der Waals surface area contributed by atoms with E-state index < -0.39 is 0 Å². The molecule has 0 radical (unpaired) electrons. The van der Waals surface area contributed by atoms with Crippen LogP contribution in [0.2, 0.25) is 5.02 Å². The van der Waals surface area contributed by atoms with Crippen LogP contribution in [0.15, 0.2) is 83.9 Å². The van der Waals surface area contributed by atoms with Crippen LogP contribution in [0.4, 0.5) is 10.1 Å². The molecule has 0 bridgehead atoms. The molecule has 0 saturated carbocycles. The van der Waals surface area contributed by atoms with Crippen LogP contribution in [0.5, 0.6) is 0 Å². The van der Waals surface area contributed by atoms with E-state index in [0.717, 1.165) is 55.0 Å². The van der Waals surface area contributed by atoms with Crippen LogP contribution >= 0.6 is 11.6 Å². The number of piperidine rings is 1. The number of fused-ring (bicyclic) bond motifs is 1. The molecule has 5 rings (SSSR count). The second kappa shape index (κ2) is 9.32. The average Bonchev–Trinajstić information content (AvgIpc) is 3.05. The number of allylic oxidation sites excluding steroid dienone is 1. The number of nitrogens with zero attached hydrogens (tertiary/aromatic N) is 2. The number of ketones is 1. The highest BCUT2D eigenvalue weighted by Gasteiger charge is 2.29. The Kier molecular flexibility index (Phi) is 6.10. The highest BCUT2D eigenvalue weighted by molar-refractivity contribution is 6.31. The number of likely N-dealkylation sites (tertiary alicyclic amines) is 1. The largest absolute Gasteiger partial charge is 0.356 e. The van der Waals surface area contributed by atoms with Crippen molar-refractivity contribution in [2.24, 2.45) is 10.9 Å². The van der Waals surface area contributed by atoms with Gasteiger partial charge in [-0.15, -0.1) is 0 Å². The molecule has 5 heteroatoms. The molecule has 0 aliphatic carbocycles. The Bertz CT molecular complexity index is 1220. The first-order chi connectivity index (χ1) is 16.1. The molecule has 166 valence electrons. The fourth-order valence-corrected chi connectivity index (χ4v) is 4.72. The molecule has 3 aromatic rings. The van der Waals surface area contributed by atoms with Gasteiger partial charge in [-0.1, -0.05) is 48.0 Å². The first-order valence-corrected chi connectivity index (χ1v) is 11.6. The number of carbonyl (C=O) groups excluding carboxylic acids is 1. The lowest BCUT2D eigenvalue weighted by molar-refractivity contribution is 0.0872. The van der Waals surface area contributed by atoms with E-state index in [4.69, 9.17) is 16.6 Å². The van der Waals surface area contributed by atoms with Gasteiger partial charge in [-0.2, -0.15) is 0 Å². The molecule has 1 saturated heterocycles. The predicted octanol–water partition coefficient (Wildman–Crippen LogP) is 6.74. The molecule has 2 heterocycles. The van der Waals surface area contributed by atoms with E-state index in [-0.39, 0.29) is 17.5 Å². The third-order valence-electron chi connectivity index (χ3n) is 6.43. The first kappa shape index (κ1) is 21.6. The predicted molar refractivity (Wildman–Crippen MR) is 132 cm³/mol. The summed E-state index contributed by atoms with van der Waals surface area (Å²) in [7, 11) is 0. The van der Waals surface area contributed by atoms with Crippen molar-refractivity contribution in [2.75, 3.05) is 13.1 Å². The van der Waals surface area contributed by atoms with Crippen LogP contribution in [0, 0.1) is 11.7 Å². The normalized spacial score (nSPS) is 16.5. The molecule has 33 heavy (non-hydrogen) atoms. The van der Waals surface area contributed by atoms with Crippen LogP contribution in [0.3, 0.4) is 0 Å². The zero-order chi connectivity index (χ0) is 22.8. The summed E-state index contributed by atoms with van der Waals surface area (Å²) < 4.78 is 13.2. The number of Topliss-reactive ketones (excluding diaryl/α,β-unsaturated/α-hetero) is 1. The number of para-hydroxylation sites is 1. The van der Waals surface area contributed by atoms with Crippen LogP contribution in [-0.2, 0) is 6.42 Å². The monoisotopic (exact) mass is 458 g/mol. The second-order valence-corrected chi connectivity index (χ2v) is 8.96. The lowest BCUT2D eigenvalue weighted by atomic mass is 9.88. The third-order valence-corrected chi connectivity index (χ3v) is 6.69. The van der Waals surface area contributed by atoms with Crippen molar-refractivity contribution in [3.05, 3.63) is 106 Å². The number of amidine groups is 1. The highest BCUT2D eigenvalue weighted by Crippen LogP contribution is 2.32. The summed E-state index contributed by atoms with van der Waals surface area (Å²) in [6.45, 7) is 1.48. The summed E-state index contributed by atoms with van der Waals surface area (Å²) in [5.41, 5.74) is 4.93. The molecule has 1 fully saturated rings. The zero-order valence-electron chi connectivity index (χ0n) is 18.2. The van der Waals surface area contributed by atoms with E-state index in [1.807, 2.05) is 36.4 Å². The van der Waals surface area contributed by atoms with Crippen molar-refractivity contribution in [3.8, 4) is 0 Å². The maximum Gasteiger partial charge on any atom is 0.166 e. The summed E-state index contributed by atoms with van der Waals surface area (Å²) in [5, 5.41) is 0.704. The van der Waals surface area contributed by atoms with Crippen LogP contribution in [0.25, 0.3) is 5.57 Å². The van der Waals surface area contributed by atoms with Gasteiger partial charge in [-0.25, -0.2) is 9.38 Å². The lowest BCUT2D eigenvalue weighted by Gasteiger charge is -2.34. The Labute approximate surface area is 198 Å². The molecule has 2 aliphatic rings. The Hall–Kier alpha value is -3.24. The Morgan fingerprint density at radius 1 is 0.939 bits per heavy atom. The number of hydrogen-bond acceptors (Lipinski definition) is 3. The van der Waals surface area contributed by atoms with Gasteiger partial charge in [-0.3, -0.25) is 4.79 Å². The van der Waals surface area contributed by atoms with Crippen molar-refractivity contribution >= 4 is 34.5 Å². The number of aliphatic imine (C=N–C) groups is 1. The molecule has 0 N–H and O–H groups in total. The van der Waals surface area contributed by atoms with E-state index in [1.165, 1.54) is 17.7 Å². The molecule has 3 aromatic carbocycles. The molecule has 0 amide bonds. The molecule has 0 atom stereocenters. The number of hydrogen-bond donors (Lipinski definition) is 0. The Morgan fingerprint density at radius 2 is 1.64 bits per heavy atom. The van der Waals surface area contributed by atoms with E-state index in [1.54, 1.807) is 12.1 Å². The minimum atomic E-state index is -0.324. The Morgan fingerprint density at radius 3 is 2.36 bits per heavy atom. The van der Waals surface area contributed by atoms with Gasteiger partial charge < -0.3 is 4.90 Å². The van der Waals surface area contributed by atoms with Crippen molar-refractivity contribution in [1.29, 1.82) is 0 Å². The molecule has 0 spiro atoms. The van der Waals surface area contributed by atoms with Crippen molar-refractivity contribution < 1.29 is 9.18 Å². The average molecular weight is 459 g/mol. The van der Waals surface area contributed by atoms with Gasteiger partial charge in [0.25, 0.3) is 0 Å². The van der Waals surface area contributed by atoms with Gasteiger partial charge in [0.1, 0.15) is 11.7 Å². The molecule has 0 aromatic heterocycles. The maximum atomic E-state index is 13.2. The molecular formula is C28H24ClFN2O. The zero-order valence-corrected chi connectivity index (χ0v) is 18.9. The smallest absolute Gasteiger partial charge is 0.166 e. The van der Waals surface area contributed by atoms with Gasteiger partial charge in [0.05, 0.1) is 5.69 Å². The number of rotatable bonds is 3. The van der Waals surface area contributed by atoms with E-state index in [0.29, 0.717) is 10.6 Å². The molecule has 3 nitrogen and oxygen atoms in total. The standard InChI is InChI=1S/C28H24ClFN2O/c29-23-10-5-19(6-11-23)25-14-9-20-3-1-2-4-26(20)31-28(25)32-17-15-22(16-18-32)27(33)21-7-12-24(30)13-8-21/h1-8,10-14,22H,9,15-18H2. The topological polar surface area (TPSA) is 32.7 Å². The fraction of sp³-hybridized carbons (Fsp3) is 0.214. The SMILES string of the molecule is O=C(c1ccc(F)cc1)C1CCN(C2=Nc3ccccc3CC=C2c2ccc(Cl)cc2)CC1. The van der Waals surface area contributed by atoms with Gasteiger partial charge >= 0.3 is 0 Å². The fourth-order valence-electron chi connectivity index (χ4n) is 4.59. The second-order valence-electron chi connectivity index (χ2n) is 8.53. The summed E-state index contributed by atoms with van der Waals surface area (Å²) in [4.78, 5) is 20.3. The summed E-state index contributed by atoms with van der Waals surface area (Å²) in [5.74, 6) is 0.647. The van der Waals surface area contributed by atoms with Gasteiger partial charge in [0.15, 0.2) is 5.78 Å². The molecule has 2 aliphatic heterocycles. The number of carbonyl (C=O) groups is 1. The quantitative estimate of drug-likeness (QED) is 0.407. The van der Waals surface area contributed by atoms with Gasteiger partial charge in [0.2, 0.25) is 0 Å². The number of halogens is 2. The van der Waals surface area contributed by atoms with Gasteiger partial charge in [0, 0.05) is 35.2 Å².